The van der Waals surface area contributed by atoms with Crippen LogP contribution in [0.25, 0.3) is 11.1 Å². The molecule has 28 heavy (non-hydrogen) atoms. The highest BCUT2D eigenvalue weighted by atomic mass is 16.5. The summed E-state index contributed by atoms with van der Waals surface area (Å²) in [5.74, 6) is -0.451. The molecule has 0 saturated heterocycles. The Hall–Kier alpha value is -3.02. The van der Waals surface area contributed by atoms with Crippen LogP contribution in [-0.4, -0.2) is 28.0 Å². The zero-order valence-electron chi connectivity index (χ0n) is 16.4. The minimum absolute atomic E-state index is 0.230. The van der Waals surface area contributed by atoms with E-state index in [0.717, 1.165) is 29.7 Å². The second-order valence-corrected chi connectivity index (χ2v) is 7.53. The predicted molar refractivity (Wildman–Crippen MR) is 104 cm³/mol. The van der Waals surface area contributed by atoms with E-state index in [0.29, 0.717) is 33.8 Å². The van der Waals surface area contributed by atoms with Crippen LogP contribution in [0, 0.1) is 20.8 Å². The van der Waals surface area contributed by atoms with E-state index in [1.165, 1.54) is 0 Å². The molecule has 1 fully saturated rings. The first-order chi connectivity index (χ1) is 13.3. The normalized spacial score (nSPS) is 14.9. The molecule has 4 rings (SSSR count). The van der Waals surface area contributed by atoms with E-state index in [1.54, 1.807) is 26.0 Å². The van der Waals surface area contributed by atoms with Crippen molar-refractivity contribution in [3.05, 3.63) is 57.9 Å². The van der Waals surface area contributed by atoms with Gasteiger partial charge in [0.25, 0.3) is 5.71 Å². The highest BCUT2D eigenvalue weighted by Gasteiger charge is 2.30. The summed E-state index contributed by atoms with van der Waals surface area (Å²) in [6.07, 6.45) is 1.19. The van der Waals surface area contributed by atoms with Gasteiger partial charge in [-0.15, -0.1) is 0 Å². The van der Waals surface area contributed by atoms with Crippen LogP contribution in [-0.2, 0) is 4.74 Å². The molecule has 2 heterocycles. The summed E-state index contributed by atoms with van der Waals surface area (Å²) in [6.45, 7) is 7.28. The number of fused-ring (bicyclic) bond motifs is 1. The van der Waals surface area contributed by atoms with E-state index in [9.17, 15) is 9.59 Å². The molecule has 0 spiro atoms. The van der Waals surface area contributed by atoms with E-state index in [-0.39, 0.29) is 5.78 Å². The molecular weight excluding hydrogens is 356 g/mol. The SMILES string of the molecule is Cc1ccc(C(=O)C(C)OC(=O)c2cc(C3CC3)nc3onc(C)c23)cc1C. The molecule has 0 bridgehead atoms. The molecule has 2 aromatic heterocycles. The third-order valence-corrected chi connectivity index (χ3v) is 5.30. The lowest BCUT2D eigenvalue weighted by molar-refractivity contribution is 0.0320. The number of hydrogen-bond acceptors (Lipinski definition) is 6. The van der Waals surface area contributed by atoms with Gasteiger partial charge >= 0.3 is 5.97 Å². The monoisotopic (exact) mass is 378 g/mol. The molecule has 0 amide bonds. The van der Waals surface area contributed by atoms with Crippen LogP contribution >= 0.6 is 0 Å². The van der Waals surface area contributed by atoms with E-state index < -0.39 is 12.1 Å². The topological polar surface area (TPSA) is 82.3 Å². The van der Waals surface area contributed by atoms with Gasteiger partial charge in [-0.2, -0.15) is 0 Å². The summed E-state index contributed by atoms with van der Waals surface area (Å²) in [4.78, 5) is 30.1. The summed E-state index contributed by atoms with van der Waals surface area (Å²) < 4.78 is 10.8. The van der Waals surface area contributed by atoms with E-state index in [2.05, 4.69) is 10.1 Å². The molecule has 0 aliphatic heterocycles. The quantitative estimate of drug-likeness (QED) is 0.482. The predicted octanol–water partition coefficient (Wildman–Crippen LogP) is 4.45. The smallest absolute Gasteiger partial charge is 0.339 e. The summed E-state index contributed by atoms with van der Waals surface area (Å²) in [6, 6.07) is 7.22. The zero-order valence-corrected chi connectivity index (χ0v) is 16.4. The second kappa shape index (κ2) is 6.86. The van der Waals surface area contributed by atoms with Gasteiger partial charge in [0.1, 0.15) is 0 Å². The highest BCUT2D eigenvalue weighted by molar-refractivity contribution is 6.06. The molecular formula is C22H22N2O4. The Balaban J connectivity index is 1.61. The number of ketones is 1. The lowest BCUT2D eigenvalue weighted by Crippen LogP contribution is -2.25. The molecule has 1 aliphatic carbocycles. The van der Waals surface area contributed by atoms with Gasteiger partial charge in [-0.1, -0.05) is 17.3 Å². The first-order valence-electron chi connectivity index (χ1n) is 9.44. The zero-order chi connectivity index (χ0) is 20.0. The maximum absolute atomic E-state index is 12.9. The van der Waals surface area contributed by atoms with Gasteiger partial charge < -0.3 is 9.26 Å². The van der Waals surface area contributed by atoms with E-state index in [4.69, 9.17) is 9.26 Å². The second-order valence-electron chi connectivity index (χ2n) is 7.53. The molecule has 1 saturated carbocycles. The number of pyridine rings is 1. The van der Waals surface area contributed by atoms with Crippen molar-refractivity contribution in [3.63, 3.8) is 0 Å². The number of rotatable bonds is 5. The van der Waals surface area contributed by atoms with Gasteiger partial charge in [-0.25, -0.2) is 9.78 Å². The number of benzene rings is 1. The largest absolute Gasteiger partial charge is 0.451 e. The number of carbonyl (C=O) groups is 2. The molecule has 1 aliphatic rings. The molecule has 3 aromatic rings. The number of esters is 1. The highest BCUT2D eigenvalue weighted by Crippen LogP contribution is 2.40. The fourth-order valence-corrected chi connectivity index (χ4v) is 3.27. The molecule has 0 radical (unpaired) electrons. The number of aromatic nitrogens is 2. The van der Waals surface area contributed by atoms with Crippen molar-refractivity contribution in [2.24, 2.45) is 0 Å². The summed E-state index contributed by atoms with van der Waals surface area (Å²) in [7, 11) is 0. The summed E-state index contributed by atoms with van der Waals surface area (Å²) >= 11 is 0. The summed E-state index contributed by atoms with van der Waals surface area (Å²) in [5.41, 5.74) is 4.73. The fourth-order valence-electron chi connectivity index (χ4n) is 3.27. The van der Waals surface area contributed by atoms with Crippen LogP contribution < -0.4 is 0 Å². The minimum Gasteiger partial charge on any atom is -0.451 e. The maximum atomic E-state index is 12.9. The number of hydrogen-bond donors (Lipinski definition) is 0. The van der Waals surface area contributed by atoms with Crippen LogP contribution in [0.15, 0.2) is 28.8 Å². The van der Waals surface area contributed by atoms with Crippen molar-refractivity contribution in [2.45, 2.75) is 52.6 Å². The Morgan fingerprint density at radius 2 is 1.89 bits per heavy atom. The number of Topliss-reactive ketones (excluding diaryl/α,β-unsaturated/α-hetero) is 1. The standard InChI is InChI=1S/C22H22N2O4/c1-11-5-6-16(9-12(11)2)20(25)14(4)27-22(26)17-10-18(15-7-8-15)23-21-19(17)13(3)24-28-21/h5-6,9-10,14-15H,7-8H2,1-4H3. The van der Waals surface area contributed by atoms with Crippen LogP contribution in [0.2, 0.25) is 0 Å². The third kappa shape index (κ3) is 3.30. The average molecular weight is 378 g/mol. The van der Waals surface area contributed by atoms with Crippen molar-refractivity contribution in [3.8, 4) is 0 Å². The fraction of sp³-hybridized carbons (Fsp3) is 0.364. The average Bonchev–Trinajstić information content (AvgIpc) is 3.46. The molecule has 6 heteroatoms. The molecule has 1 aromatic carbocycles. The van der Waals surface area contributed by atoms with E-state index in [1.807, 2.05) is 26.0 Å². The van der Waals surface area contributed by atoms with Crippen LogP contribution in [0.3, 0.4) is 0 Å². The number of aryl methyl sites for hydroxylation is 3. The van der Waals surface area contributed by atoms with Gasteiger partial charge in [0.05, 0.1) is 16.6 Å². The maximum Gasteiger partial charge on any atom is 0.339 e. The number of nitrogens with zero attached hydrogens (tertiary/aromatic N) is 2. The van der Waals surface area contributed by atoms with Gasteiger partial charge in [-0.3, -0.25) is 4.79 Å². The molecule has 6 nitrogen and oxygen atoms in total. The number of carbonyl (C=O) groups excluding carboxylic acids is 2. The molecule has 1 atom stereocenters. The Labute approximate surface area is 162 Å². The Bertz CT molecular complexity index is 1100. The minimum atomic E-state index is -0.901. The molecule has 0 N–H and O–H groups in total. The van der Waals surface area contributed by atoms with Gasteiger partial charge in [0.2, 0.25) is 5.78 Å². The van der Waals surface area contributed by atoms with Gasteiger partial charge in [0.15, 0.2) is 6.10 Å². The van der Waals surface area contributed by atoms with Crippen molar-refractivity contribution in [2.75, 3.05) is 0 Å². The molecule has 1 unspecified atom stereocenters. The Kier molecular flexibility index (Phi) is 4.49. The first-order valence-corrected chi connectivity index (χ1v) is 9.44. The Morgan fingerprint density at radius 1 is 1.14 bits per heavy atom. The third-order valence-electron chi connectivity index (χ3n) is 5.30. The first kappa shape index (κ1) is 18.3. The van der Waals surface area contributed by atoms with E-state index >= 15 is 0 Å². The van der Waals surface area contributed by atoms with Gasteiger partial charge in [0, 0.05) is 17.2 Å². The van der Waals surface area contributed by atoms with Crippen LogP contribution in [0.5, 0.6) is 0 Å². The van der Waals surface area contributed by atoms with Crippen molar-refractivity contribution >= 4 is 22.9 Å². The van der Waals surface area contributed by atoms with Gasteiger partial charge in [-0.05, 0) is 63.8 Å². The van der Waals surface area contributed by atoms with Crippen molar-refractivity contribution in [1.82, 2.24) is 10.1 Å². The lowest BCUT2D eigenvalue weighted by Gasteiger charge is -2.14. The van der Waals surface area contributed by atoms with Crippen LogP contribution in [0.4, 0.5) is 0 Å². The summed E-state index contributed by atoms with van der Waals surface area (Å²) in [5, 5.41) is 4.47. The van der Waals surface area contributed by atoms with Crippen LogP contribution in [0.1, 0.15) is 68.9 Å². The lowest BCUT2D eigenvalue weighted by atomic mass is 10.0. The van der Waals surface area contributed by atoms with Crippen molar-refractivity contribution in [1.29, 1.82) is 0 Å². The number of ether oxygens (including phenoxy) is 1. The Morgan fingerprint density at radius 3 is 2.57 bits per heavy atom. The molecule has 144 valence electrons. The van der Waals surface area contributed by atoms with Crippen molar-refractivity contribution < 1.29 is 18.8 Å².